The minimum atomic E-state index is 0.827. The third kappa shape index (κ3) is 2.79. The lowest BCUT2D eigenvalue weighted by atomic mass is 10.2. The van der Waals surface area contributed by atoms with Crippen molar-refractivity contribution in [2.24, 2.45) is 4.99 Å². The first-order chi connectivity index (χ1) is 8.92. The first-order valence-electron chi connectivity index (χ1n) is 6.29. The Morgan fingerprint density at radius 3 is 2.61 bits per heavy atom. The third-order valence-corrected chi connectivity index (χ3v) is 3.97. The molecule has 96 valence electrons. The van der Waals surface area contributed by atoms with Gasteiger partial charge in [-0.05, 0) is 24.3 Å². The van der Waals surface area contributed by atoms with Gasteiger partial charge >= 0.3 is 0 Å². The van der Waals surface area contributed by atoms with Crippen molar-refractivity contribution in [1.29, 1.82) is 0 Å². The zero-order valence-corrected chi connectivity index (χ0v) is 11.1. The summed E-state index contributed by atoms with van der Waals surface area (Å²) in [5.41, 5.74) is 2.38. The fourth-order valence-electron chi connectivity index (χ4n) is 2.11. The van der Waals surface area contributed by atoms with Gasteiger partial charge in [0.05, 0.1) is 19.8 Å². The van der Waals surface area contributed by atoms with Crippen molar-refractivity contribution in [3.63, 3.8) is 0 Å². The van der Waals surface area contributed by atoms with E-state index in [0.717, 1.165) is 49.5 Å². The van der Waals surface area contributed by atoms with E-state index in [0.29, 0.717) is 0 Å². The Labute approximate surface area is 111 Å². The van der Waals surface area contributed by atoms with Gasteiger partial charge < -0.3 is 15.0 Å². The Balaban J connectivity index is 1.64. The maximum absolute atomic E-state index is 5.36. The molecule has 18 heavy (non-hydrogen) atoms. The second-order valence-electron chi connectivity index (χ2n) is 4.31. The van der Waals surface area contributed by atoms with E-state index in [9.17, 15) is 0 Å². The molecular formula is C13H17N3OS. The summed E-state index contributed by atoms with van der Waals surface area (Å²) in [6.07, 6.45) is 0. The molecule has 1 N–H and O–H groups in total. The second kappa shape index (κ2) is 5.63. The molecule has 4 nitrogen and oxygen atoms in total. The lowest BCUT2D eigenvalue weighted by Gasteiger charge is -2.28. The molecule has 0 aliphatic carbocycles. The lowest BCUT2D eigenvalue weighted by Crippen LogP contribution is -2.36. The van der Waals surface area contributed by atoms with Crippen LogP contribution in [0.5, 0.6) is 0 Å². The SMILES string of the molecule is c1cc(N2CCOCC2)ccc1NC1=NCCS1. The van der Waals surface area contributed by atoms with Gasteiger partial charge in [-0.25, -0.2) is 0 Å². The number of aliphatic imine (C=N–C) groups is 1. The van der Waals surface area contributed by atoms with Gasteiger partial charge in [0.1, 0.15) is 0 Å². The molecule has 0 aromatic heterocycles. The number of amidine groups is 1. The Morgan fingerprint density at radius 1 is 1.17 bits per heavy atom. The van der Waals surface area contributed by atoms with E-state index >= 15 is 0 Å². The molecule has 0 radical (unpaired) electrons. The maximum atomic E-state index is 5.36. The molecule has 1 aromatic rings. The van der Waals surface area contributed by atoms with Gasteiger partial charge in [0, 0.05) is 30.2 Å². The fourth-order valence-corrected chi connectivity index (χ4v) is 2.86. The first kappa shape index (κ1) is 11.9. The number of hydrogen-bond donors (Lipinski definition) is 1. The Kier molecular flexibility index (Phi) is 3.71. The second-order valence-corrected chi connectivity index (χ2v) is 5.39. The summed E-state index contributed by atoms with van der Waals surface area (Å²) in [7, 11) is 0. The number of rotatable bonds is 2. The fraction of sp³-hybridized carbons (Fsp3) is 0.462. The highest BCUT2D eigenvalue weighted by Gasteiger charge is 2.11. The van der Waals surface area contributed by atoms with Crippen LogP contribution in [0.4, 0.5) is 11.4 Å². The van der Waals surface area contributed by atoms with Crippen LogP contribution < -0.4 is 10.2 Å². The topological polar surface area (TPSA) is 36.9 Å². The molecule has 0 unspecified atom stereocenters. The van der Waals surface area contributed by atoms with Crippen LogP contribution in [0.2, 0.25) is 0 Å². The number of benzene rings is 1. The number of hydrogen-bond acceptors (Lipinski definition) is 5. The van der Waals surface area contributed by atoms with E-state index in [4.69, 9.17) is 4.74 Å². The van der Waals surface area contributed by atoms with Gasteiger partial charge in [0.25, 0.3) is 0 Å². The van der Waals surface area contributed by atoms with Crippen LogP contribution in [0.15, 0.2) is 29.3 Å². The van der Waals surface area contributed by atoms with Crippen LogP contribution >= 0.6 is 11.8 Å². The largest absolute Gasteiger partial charge is 0.378 e. The minimum Gasteiger partial charge on any atom is -0.378 e. The maximum Gasteiger partial charge on any atom is 0.161 e. The van der Waals surface area contributed by atoms with Crippen molar-refractivity contribution >= 4 is 28.3 Å². The highest BCUT2D eigenvalue weighted by Crippen LogP contribution is 2.21. The number of nitrogens with one attached hydrogen (secondary N) is 1. The van der Waals surface area contributed by atoms with E-state index in [-0.39, 0.29) is 0 Å². The molecule has 1 saturated heterocycles. The van der Waals surface area contributed by atoms with Gasteiger partial charge in [0.15, 0.2) is 5.17 Å². The van der Waals surface area contributed by atoms with E-state index in [2.05, 4.69) is 39.5 Å². The minimum absolute atomic E-state index is 0.827. The molecule has 0 spiro atoms. The van der Waals surface area contributed by atoms with Gasteiger partial charge in [0.2, 0.25) is 0 Å². The van der Waals surface area contributed by atoms with E-state index in [1.165, 1.54) is 5.69 Å². The van der Waals surface area contributed by atoms with Gasteiger partial charge in [-0.1, -0.05) is 11.8 Å². The summed E-state index contributed by atoms with van der Waals surface area (Å²) in [4.78, 5) is 6.74. The Morgan fingerprint density at radius 2 is 1.94 bits per heavy atom. The lowest BCUT2D eigenvalue weighted by molar-refractivity contribution is 0.122. The van der Waals surface area contributed by atoms with Gasteiger partial charge in [-0.3, -0.25) is 4.99 Å². The number of thioether (sulfide) groups is 1. The summed E-state index contributed by atoms with van der Waals surface area (Å²) >= 11 is 1.78. The average molecular weight is 263 g/mol. The molecule has 1 aromatic carbocycles. The molecule has 0 amide bonds. The molecule has 0 bridgehead atoms. The average Bonchev–Trinajstić information content (AvgIpc) is 2.94. The van der Waals surface area contributed by atoms with Crippen LogP contribution in [0, 0.1) is 0 Å². The van der Waals surface area contributed by atoms with E-state index in [1.807, 2.05) is 0 Å². The van der Waals surface area contributed by atoms with E-state index in [1.54, 1.807) is 11.8 Å². The molecule has 2 heterocycles. The molecule has 2 aliphatic rings. The van der Waals surface area contributed by atoms with Crippen molar-refractivity contribution in [2.45, 2.75) is 0 Å². The molecule has 5 heteroatoms. The van der Waals surface area contributed by atoms with Gasteiger partial charge in [-0.15, -0.1) is 0 Å². The van der Waals surface area contributed by atoms with Crippen molar-refractivity contribution in [3.8, 4) is 0 Å². The van der Waals surface area contributed by atoms with Crippen LogP contribution in [-0.2, 0) is 4.74 Å². The molecule has 1 fully saturated rings. The van der Waals surface area contributed by atoms with Crippen LogP contribution in [0.25, 0.3) is 0 Å². The molecular weight excluding hydrogens is 246 g/mol. The summed E-state index contributed by atoms with van der Waals surface area (Å²) in [6, 6.07) is 8.56. The molecule has 2 aliphatic heterocycles. The molecule has 0 saturated carbocycles. The summed E-state index contributed by atoms with van der Waals surface area (Å²) in [6.45, 7) is 4.55. The predicted molar refractivity (Wildman–Crippen MR) is 77.9 cm³/mol. The van der Waals surface area contributed by atoms with E-state index < -0.39 is 0 Å². The van der Waals surface area contributed by atoms with Crippen molar-refractivity contribution in [2.75, 3.05) is 48.8 Å². The smallest absolute Gasteiger partial charge is 0.161 e. The number of morpholine rings is 1. The van der Waals surface area contributed by atoms with Gasteiger partial charge in [-0.2, -0.15) is 0 Å². The van der Waals surface area contributed by atoms with Crippen molar-refractivity contribution in [1.82, 2.24) is 0 Å². The Hall–Kier alpha value is -1.20. The standard InChI is InChI=1S/C13H17N3OS/c1-3-12(16-6-8-17-9-7-16)4-2-11(1)15-13-14-5-10-18-13/h1-4H,5-10H2,(H,14,15). The highest BCUT2D eigenvalue weighted by atomic mass is 32.2. The van der Waals surface area contributed by atoms with Crippen LogP contribution in [0.3, 0.4) is 0 Å². The Bertz CT molecular complexity index is 426. The van der Waals surface area contributed by atoms with Crippen LogP contribution in [-0.4, -0.2) is 43.8 Å². The summed E-state index contributed by atoms with van der Waals surface area (Å²) in [5, 5.41) is 4.38. The highest BCUT2D eigenvalue weighted by molar-refractivity contribution is 8.14. The number of nitrogens with zero attached hydrogens (tertiary/aromatic N) is 2. The molecule has 3 rings (SSSR count). The quantitative estimate of drug-likeness (QED) is 0.886. The predicted octanol–water partition coefficient (Wildman–Crippen LogP) is 2.04. The number of anilines is 2. The third-order valence-electron chi connectivity index (χ3n) is 3.08. The van der Waals surface area contributed by atoms with Crippen LogP contribution in [0.1, 0.15) is 0 Å². The van der Waals surface area contributed by atoms with Crippen molar-refractivity contribution < 1.29 is 4.74 Å². The zero-order chi connectivity index (χ0) is 12.2. The summed E-state index contributed by atoms with van der Waals surface area (Å²) in [5.74, 6) is 1.09. The zero-order valence-electron chi connectivity index (χ0n) is 10.3. The molecule has 0 atom stereocenters. The first-order valence-corrected chi connectivity index (χ1v) is 7.27. The monoisotopic (exact) mass is 263 g/mol. The number of ether oxygens (including phenoxy) is 1. The normalized spacial score (nSPS) is 19.8. The van der Waals surface area contributed by atoms with Crippen molar-refractivity contribution in [3.05, 3.63) is 24.3 Å². The summed E-state index contributed by atoms with van der Waals surface area (Å²) < 4.78 is 5.36.